The monoisotopic (exact) mass is 426 g/mol. The third kappa shape index (κ3) is 4.10. The van der Waals surface area contributed by atoms with E-state index in [0.29, 0.717) is 11.3 Å². The molecule has 0 fully saturated rings. The molecule has 8 nitrogen and oxygen atoms in total. The van der Waals surface area contributed by atoms with Crippen LogP contribution >= 0.6 is 23.1 Å². The van der Waals surface area contributed by atoms with E-state index in [4.69, 9.17) is 0 Å². The number of thioether (sulfide) groups is 1. The lowest BCUT2D eigenvalue weighted by Gasteiger charge is -2.11. The molecule has 27 heavy (non-hydrogen) atoms. The average molecular weight is 427 g/mol. The molecule has 0 bridgehead atoms. The van der Waals surface area contributed by atoms with Crippen LogP contribution in [0.4, 0.5) is 5.13 Å². The number of nitrogens with one attached hydrogen (secondary N) is 1. The van der Waals surface area contributed by atoms with Crippen molar-refractivity contribution in [1.82, 2.24) is 24.1 Å². The second-order valence-corrected chi connectivity index (χ2v) is 10.3. The molecule has 2 heterocycles. The van der Waals surface area contributed by atoms with Crippen LogP contribution in [0.15, 0.2) is 27.4 Å². The van der Waals surface area contributed by atoms with Crippen molar-refractivity contribution in [3.8, 4) is 0 Å². The smallest absolute Gasteiger partial charge is 0.242 e. The predicted octanol–water partition coefficient (Wildman–Crippen LogP) is 2.88. The molecular weight excluding hydrogens is 404 g/mol. The van der Waals surface area contributed by atoms with Crippen LogP contribution in [0.3, 0.4) is 0 Å². The van der Waals surface area contributed by atoms with Gasteiger partial charge in [0.15, 0.2) is 4.34 Å². The number of rotatable bonds is 8. The molecule has 0 saturated carbocycles. The summed E-state index contributed by atoms with van der Waals surface area (Å²) in [5, 5.41) is 12.2. The summed E-state index contributed by atoms with van der Waals surface area (Å²) in [6.45, 7) is 5.63. The molecule has 11 heteroatoms. The summed E-state index contributed by atoms with van der Waals surface area (Å²) in [5.41, 5.74) is 1.61. The first-order valence-corrected chi connectivity index (χ1v) is 11.7. The molecule has 0 amide bonds. The Balaban J connectivity index is 1.88. The van der Waals surface area contributed by atoms with Gasteiger partial charge in [-0.15, -0.1) is 10.2 Å². The molecule has 146 valence electrons. The van der Waals surface area contributed by atoms with E-state index in [1.54, 1.807) is 23.9 Å². The Labute approximate surface area is 167 Å². The average Bonchev–Trinajstić information content (AvgIpc) is 3.22. The summed E-state index contributed by atoms with van der Waals surface area (Å²) in [4.78, 5) is 4.92. The fourth-order valence-electron chi connectivity index (χ4n) is 2.61. The van der Waals surface area contributed by atoms with Gasteiger partial charge in [-0.05, 0) is 32.0 Å². The Bertz CT molecular complexity index is 1040. The molecule has 0 atom stereocenters. The van der Waals surface area contributed by atoms with Gasteiger partial charge in [-0.1, -0.05) is 23.1 Å². The Morgan fingerprint density at radius 2 is 2.04 bits per heavy atom. The number of hydrogen-bond acceptors (Lipinski definition) is 8. The molecule has 1 N–H and O–H groups in total. The second-order valence-electron chi connectivity index (χ2n) is 5.90. The summed E-state index contributed by atoms with van der Waals surface area (Å²) in [7, 11) is -0.434. The van der Waals surface area contributed by atoms with Gasteiger partial charge < -0.3 is 9.88 Å². The Hall–Kier alpha value is -1.69. The van der Waals surface area contributed by atoms with Crippen LogP contribution in [0.1, 0.15) is 19.7 Å². The largest absolute Gasteiger partial charge is 0.360 e. The van der Waals surface area contributed by atoms with Crippen molar-refractivity contribution >= 4 is 49.3 Å². The van der Waals surface area contributed by atoms with E-state index in [1.807, 2.05) is 19.9 Å². The lowest BCUT2D eigenvalue weighted by atomic mass is 10.3. The van der Waals surface area contributed by atoms with Gasteiger partial charge in [-0.3, -0.25) is 0 Å². The molecule has 0 saturated heterocycles. The number of hydrogen-bond donors (Lipinski definition) is 1. The normalized spacial score (nSPS) is 12.2. The molecule has 3 aromatic rings. The van der Waals surface area contributed by atoms with Crippen molar-refractivity contribution in [3.05, 3.63) is 24.0 Å². The highest BCUT2D eigenvalue weighted by molar-refractivity contribution is 8.00. The minimum absolute atomic E-state index is 0.249. The highest BCUT2D eigenvalue weighted by atomic mass is 32.2. The molecule has 0 aliphatic rings. The van der Waals surface area contributed by atoms with Gasteiger partial charge in [0.2, 0.25) is 15.2 Å². The van der Waals surface area contributed by atoms with Crippen LogP contribution in [0.5, 0.6) is 0 Å². The second kappa shape index (κ2) is 8.13. The van der Waals surface area contributed by atoms with E-state index in [0.717, 1.165) is 33.9 Å². The number of fused-ring (bicyclic) bond motifs is 1. The summed E-state index contributed by atoms with van der Waals surface area (Å²) < 4.78 is 28.9. The van der Waals surface area contributed by atoms with Crippen molar-refractivity contribution in [2.75, 3.05) is 26.0 Å². The van der Waals surface area contributed by atoms with Gasteiger partial charge in [0.05, 0.1) is 21.7 Å². The summed E-state index contributed by atoms with van der Waals surface area (Å²) in [6.07, 6.45) is 0. The minimum atomic E-state index is -3.48. The van der Waals surface area contributed by atoms with Gasteiger partial charge in [-0.25, -0.2) is 17.7 Å². The number of imidazole rings is 1. The van der Waals surface area contributed by atoms with Crippen LogP contribution in [-0.2, 0) is 22.3 Å². The number of benzene rings is 1. The minimum Gasteiger partial charge on any atom is -0.360 e. The molecule has 0 aliphatic carbocycles. The summed E-state index contributed by atoms with van der Waals surface area (Å²) >= 11 is 3.09. The van der Waals surface area contributed by atoms with Crippen molar-refractivity contribution in [2.24, 2.45) is 0 Å². The van der Waals surface area contributed by atoms with E-state index >= 15 is 0 Å². The lowest BCUT2D eigenvalue weighted by Crippen LogP contribution is -2.22. The molecule has 0 radical (unpaired) electrons. The number of aromatic nitrogens is 4. The van der Waals surface area contributed by atoms with Crippen molar-refractivity contribution < 1.29 is 8.42 Å². The van der Waals surface area contributed by atoms with Crippen molar-refractivity contribution in [1.29, 1.82) is 0 Å². The molecule has 0 spiro atoms. The van der Waals surface area contributed by atoms with E-state index in [1.165, 1.54) is 29.7 Å². The fraction of sp³-hybridized carbons (Fsp3) is 0.438. The van der Waals surface area contributed by atoms with E-state index in [-0.39, 0.29) is 4.90 Å². The van der Waals surface area contributed by atoms with Crippen LogP contribution in [0, 0.1) is 0 Å². The maximum absolute atomic E-state index is 12.4. The van der Waals surface area contributed by atoms with Gasteiger partial charge in [0, 0.05) is 27.2 Å². The Morgan fingerprint density at radius 1 is 1.26 bits per heavy atom. The zero-order valence-electron chi connectivity index (χ0n) is 15.6. The topological polar surface area (TPSA) is 93.0 Å². The van der Waals surface area contributed by atoms with Crippen LogP contribution in [0.2, 0.25) is 0 Å². The molecule has 0 aliphatic heterocycles. The molecular formula is C16H22N6O2S3. The van der Waals surface area contributed by atoms with Gasteiger partial charge >= 0.3 is 0 Å². The maximum Gasteiger partial charge on any atom is 0.242 e. The fourth-order valence-corrected chi connectivity index (χ4v) is 5.30. The zero-order chi connectivity index (χ0) is 19.6. The number of anilines is 1. The third-order valence-corrected chi connectivity index (χ3v) is 7.77. The standard InChI is InChI=1S/C16H22N6O2S3/c1-5-17-15-19-20-16(26-15)25-10-14-18-12-9-11(27(23,24)21(3)4)7-8-13(12)22(14)6-2/h7-9H,5-6,10H2,1-4H3,(H,17,19). The van der Waals surface area contributed by atoms with Crippen LogP contribution < -0.4 is 5.32 Å². The zero-order valence-corrected chi connectivity index (χ0v) is 18.1. The Morgan fingerprint density at radius 3 is 2.70 bits per heavy atom. The Kier molecular flexibility index (Phi) is 6.04. The highest BCUT2D eigenvalue weighted by Crippen LogP contribution is 2.30. The third-order valence-electron chi connectivity index (χ3n) is 3.95. The van der Waals surface area contributed by atoms with E-state index in [2.05, 4.69) is 25.1 Å². The lowest BCUT2D eigenvalue weighted by molar-refractivity contribution is 0.521. The number of sulfonamides is 1. The van der Waals surface area contributed by atoms with Gasteiger partial charge in [0.1, 0.15) is 5.82 Å². The van der Waals surface area contributed by atoms with Crippen molar-refractivity contribution in [3.63, 3.8) is 0 Å². The quantitative estimate of drug-likeness (QED) is 0.554. The molecule has 1 aromatic carbocycles. The van der Waals surface area contributed by atoms with Gasteiger partial charge in [-0.2, -0.15) is 0 Å². The number of aryl methyl sites for hydroxylation is 1. The molecule has 2 aromatic heterocycles. The van der Waals surface area contributed by atoms with E-state index in [9.17, 15) is 8.42 Å². The first-order chi connectivity index (χ1) is 12.9. The highest BCUT2D eigenvalue weighted by Gasteiger charge is 2.19. The van der Waals surface area contributed by atoms with Crippen molar-refractivity contribution in [2.45, 2.75) is 35.4 Å². The predicted molar refractivity (Wildman–Crippen MR) is 110 cm³/mol. The molecule has 3 rings (SSSR count). The summed E-state index contributed by atoms with van der Waals surface area (Å²) in [5.74, 6) is 1.52. The van der Waals surface area contributed by atoms with E-state index < -0.39 is 10.0 Å². The summed E-state index contributed by atoms with van der Waals surface area (Å²) in [6, 6.07) is 5.10. The SMILES string of the molecule is CCNc1nnc(SCc2nc3cc(S(=O)(=O)N(C)C)ccc3n2CC)s1. The van der Waals surface area contributed by atoms with Gasteiger partial charge in [0.25, 0.3) is 0 Å². The maximum atomic E-state index is 12.4. The van der Waals surface area contributed by atoms with Crippen LogP contribution in [-0.4, -0.2) is 53.1 Å². The van der Waals surface area contributed by atoms with Crippen LogP contribution in [0.25, 0.3) is 11.0 Å². The first kappa shape index (κ1) is 20.1. The first-order valence-electron chi connectivity index (χ1n) is 8.48. The molecule has 0 unspecified atom stereocenters. The number of nitrogens with zero attached hydrogens (tertiary/aromatic N) is 5.